The Bertz CT molecular complexity index is 1300. The molecule has 3 aromatic rings. The number of aliphatic hydroxyl groups is 2. The summed E-state index contributed by atoms with van der Waals surface area (Å²) in [5, 5.41) is 25.9. The number of alkyl halides is 3. The molecule has 4 rings (SSSR count). The van der Waals surface area contributed by atoms with Crippen LogP contribution in [-0.4, -0.2) is 45.7 Å². The van der Waals surface area contributed by atoms with Gasteiger partial charge in [-0.3, -0.25) is 9.59 Å². The fraction of sp³-hybridized carbons (Fsp3) is 0.333. The van der Waals surface area contributed by atoms with Gasteiger partial charge in [-0.15, -0.1) is 11.3 Å². The zero-order chi connectivity index (χ0) is 27.4. The largest absolute Gasteiger partial charge is 0.416 e. The van der Waals surface area contributed by atoms with Crippen molar-refractivity contribution in [1.82, 2.24) is 10.2 Å². The van der Waals surface area contributed by atoms with E-state index in [4.69, 9.17) is 11.6 Å². The predicted octanol–water partition coefficient (Wildman–Crippen LogP) is 4.71. The molecule has 1 saturated heterocycles. The molecule has 1 aliphatic rings. The average molecular weight is 567 g/mol. The van der Waals surface area contributed by atoms with Gasteiger partial charge in [0, 0.05) is 16.4 Å². The number of likely N-dealkylation sites (tertiary alicyclic amines) is 1. The van der Waals surface area contributed by atoms with Gasteiger partial charge in [0.2, 0.25) is 0 Å². The number of benzene rings is 2. The first-order chi connectivity index (χ1) is 18.0. The molecule has 1 fully saturated rings. The van der Waals surface area contributed by atoms with Crippen LogP contribution in [-0.2, 0) is 28.7 Å². The van der Waals surface area contributed by atoms with Crippen LogP contribution in [0.15, 0.2) is 60.0 Å². The predicted molar refractivity (Wildman–Crippen MR) is 138 cm³/mol. The van der Waals surface area contributed by atoms with Gasteiger partial charge >= 0.3 is 6.18 Å². The monoisotopic (exact) mass is 566 g/mol. The lowest BCUT2D eigenvalue weighted by atomic mass is 10.0. The quantitative estimate of drug-likeness (QED) is 0.368. The number of hydrogen-bond acceptors (Lipinski definition) is 5. The number of hydrogen-bond donors (Lipinski definition) is 3. The van der Waals surface area contributed by atoms with Gasteiger partial charge in [0.25, 0.3) is 11.8 Å². The van der Waals surface area contributed by atoms with Crippen LogP contribution >= 0.6 is 22.9 Å². The molecule has 3 atom stereocenters. The molecule has 0 aliphatic carbocycles. The van der Waals surface area contributed by atoms with Crippen LogP contribution in [0.1, 0.15) is 46.0 Å². The Morgan fingerprint density at radius 2 is 1.87 bits per heavy atom. The number of carbonyl (C=O) groups is 2. The second kappa shape index (κ2) is 11.9. The molecule has 3 N–H and O–H groups in total. The molecule has 0 bridgehead atoms. The van der Waals surface area contributed by atoms with Gasteiger partial charge < -0.3 is 20.4 Å². The van der Waals surface area contributed by atoms with Gasteiger partial charge in [0.15, 0.2) is 12.2 Å². The Labute approximate surface area is 226 Å². The minimum Gasteiger partial charge on any atom is -0.380 e. The Morgan fingerprint density at radius 3 is 2.61 bits per heavy atom. The third-order valence-corrected chi connectivity index (χ3v) is 7.81. The van der Waals surface area contributed by atoms with E-state index in [1.165, 1.54) is 28.4 Å². The van der Waals surface area contributed by atoms with Crippen LogP contribution in [0.5, 0.6) is 0 Å². The number of carbonyl (C=O) groups excluding carboxylic acids is 2. The normalized spacial score (nSPS) is 17.3. The lowest BCUT2D eigenvalue weighted by Crippen LogP contribution is -2.50. The van der Waals surface area contributed by atoms with Crippen LogP contribution in [0.3, 0.4) is 0 Å². The second-order valence-corrected chi connectivity index (χ2v) is 10.5. The van der Waals surface area contributed by atoms with Crippen molar-refractivity contribution in [1.29, 1.82) is 0 Å². The molecule has 1 aromatic heterocycles. The van der Waals surface area contributed by atoms with Crippen LogP contribution in [0.2, 0.25) is 5.02 Å². The van der Waals surface area contributed by atoms with Crippen LogP contribution < -0.4 is 5.32 Å². The van der Waals surface area contributed by atoms with Crippen molar-refractivity contribution in [3.05, 3.63) is 92.1 Å². The van der Waals surface area contributed by atoms with Crippen molar-refractivity contribution in [2.24, 2.45) is 0 Å². The zero-order valence-corrected chi connectivity index (χ0v) is 21.7. The number of aliphatic hydroxyl groups excluding tert-OH is 2. The number of rotatable bonds is 8. The molecule has 1 aliphatic heterocycles. The van der Waals surface area contributed by atoms with Crippen molar-refractivity contribution in [3.8, 4) is 0 Å². The first kappa shape index (κ1) is 28.1. The fourth-order valence-corrected chi connectivity index (χ4v) is 5.53. The van der Waals surface area contributed by atoms with Gasteiger partial charge in [0.1, 0.15) is 0 Å². The summed E-state index contributed by atoms with van der Waals surface area (Å²) >= 11 is 7.62. The summed E-state index contributed by atoms with van der Waals surface area (Å²) in [6, 6.07) is 13.4. The summed E-state index contributed by atoms with van der Waals surface area (Å²) in [5.74, 6) is -1.84. The van der Waals surface area contributed by atoms with E-state index in [1.54, 1.807) is 0 Å². The molecule has 2 amide bonds. The van der Waals surface area contributed by atoms with E-state index < -0.39 is 41.8 Å². The highest BCUT2D eigenvalue weighted by molar-refractivity contribution is 7.10. The molecule has 0 spiro atoms. The Hall–Kier alpha value is -2.92. The van der Waals surface area contributed by atoms with Gasteiger partial charge in [-0.1, -0.05) is 41.9 Å². The molecule has 2 aromatic carbocycles. The van der Waals surface area contributed by atoms with Gasteiger partial charge in [-0.2, -0.15) is 13.2 Å². The topological polar surface area (TPSA) is 89.9 Å². The van der Waals surface area contributed by atoms with Crippen molar-refractivity contribution < 1.29 is 33.0 Å². The van der Waals surface area contributed by atoms with E-state index in [1.807, 2.05) is 35.7 Å². The molecule has 202 valence electrons. The summed E-state index contributed by atoms with van der Waals surface area (Å²) in [7, 11) is 0. The fourth-order valence-electron chi connectivity index (χ4n) is 4.50. The highest BCUT2D eigenvalue weighted by Crippen LogP contribution is 2.36. The average Bonchev–Trinajstić information content (AvgIpc) is 3.57. The molecule has 38 heavy (non-hydrogen) atoms. The lowest BCUT2D eigenvalue weighted by molar-refractivity contribution is -0.153. The molecular weight excluding hydrogens is 541 g/mol. The highest BCUT2D eigenvalue weighted by atomic mass is 35.5. The number of nitrogens with one attached hydrogen (secondary N) is 1. The summed E-state index contributed by atoms with van der Waals surface area (Å²) < 4.78 is 39.4. The van der Waals surface area contributed by atoms with Crippen LogP contribution in [0.4, 0.5) is 13.2 Å². The highest BCUT2D eigenvalue weighted by Gasteiger charge is 2.39. The number of thiophene rings is 1. The van der Waals surface area contributed by atoms with E-state index in [0.717, 1.165) is 28.1 Å². The maximum Gasteiger partial charge on any atom is 0.416 e. The Morgan fingerprint density at radius 1 is 1.11 bits per heavy atom. The molecule has 0 unspecified atom stereocenters. The number of halogens is 4. The Kier molecular flexibility index (Phi) is 8.77. The second-order valence-electron chi connectivity index (χ2n) is 9.11. The molecule has 0 radical (unpaired) electrons. The zero-order valence-electron chi connectivity index (χ0n) is 20.1. The van der Waals surface area contributed by atoms with Gasteiger partial charge in [-0.25, -0.2) is 0 Å². The molecule has 0 saturated carbocycles. The van der Waals surface area contributed by atoms with E-state index in [2.05, 4.69) is 5.32 Å². The summed E-state index contributed by atoms with van der Waals surface area (Å²) in [4.78, 5) is 27.5. The maximum atomic E-state index is 13.1. The van der Waals surface area contributed by atoms with Crippen LogP contribution in [0, 0.1) is 0 Å². The van der Waals surface area contributed by atoms with Crippen molar-refractivity contribution in [2.45, 2.75) is 50.2 Å². The van der Waals surface area contributed by atoms with Crippen LogP contribution in [0.25, 0.3) is 0 Å². The lowest BCUT2D eigenvalue weighted by Gasteiger charge is -2.29. The standard InChI is InChI=1S/C27H26ClF3N2O4S/c28-21-8-2-1-5-17(21)11-16-12-20(38-15-16)14-32-25(36)23(34)24(35)26(37)33-10-4-9-22(33)18-6-3-7-19(13-18)27(29,30)31/h1-3,5-8,12-13,15,22-24,34-35H,4,9-11,14H2,(H,32,36)/t22-,23-,24-/m1/s1. The van der Waals surface area contributed by atoms with Crippen molar-refractivity contribution in [3.63, 3.8) is 0 Å². The van der Waals surface area contributed by atoms with Crippen molar-refractivity contribution in [2.75, 3.05) is 6.54 Å². The SMILES string of the molecule is O=C(NCc1cc(Cc2ccccc2Cl)cs1)[C@H](O)[C@@H](O)C(=O)N1CCC[C@@H]1c1cccc(C(F)(F)F)c1. The van der Waals surface area contributed by atoms with Gasteiger partial charge in [0.05, 0.1) is 18.2 Å². The third-order valence-electron chi connectivity index (χ3n) is 6.45. The summed E-state index contributed by atoms with van der Waals surface area (Å²) in [6.45, 7) is 0.273. The first-order valence-corrected chi connectivity index (χ1v) is 13.2. The number of amides is 2. The minimum atomic E-state index is -4.53. The smallest absolute Gasteiger partial charge is 0.380 e. The van der Waals surface area contributed by atoms with E-state index in [0.29, 0.717) is 24.3 Å². The van der Waals surface area contributed by atoms with Crippen molar-refractivity contribution >= 4 is 34.8 Å². The van der Waals surface area contributed by atoms with E-state index in [-0.39, 0.29) is 18.7 Å². The first-order valence-electron chi connectivity index (χ1n) is 12.0. The molecule has 6 nitrogen and oxygen atoms in total. The van der Waals surface area contributed by atoms with Gasteiger partial charge in [-0.05, 0) is 65.6 Å². The van der Waals surface area contributed by atoms with E-state index >= 15 is 0 Å². The summed E-state index contributed by atoms with van der Waals surface area (Å²) in [6.07, 6.45) is -7.10. The molecule has 2 heterocycles. The molecular formula is C27H26ClF3N2O4S. The van der Waals surface area contributed by atoms with E-state index in [9.17, 15) is 33.0 Å². The number of nitrogens with zero attached hydrogens (tertiary/aromatic N) is 1. The maximum absolute atomic E-state index is 13.1. The summed E-state index contributed by atoms with van der Waals surface area (Å²) in [5.41, 5.74) is 1.41. The molecule has 11 heteroatoms. The third kappa shape index (κ3) is 6.55. The Balaban J connectivity index is 1.34. The minimum absolute atomic E-state index is 0.0839.